The predicted octanol–water partition coefficient (Wildman–Crippen LogP) is 0.961. The Hall–Kier alpha value is -2.30. The average molecular weight is 259 g/mol. The Morgan fingerprint density at radius 1 is 1.32 bits per heavy atom. The van der Waals surface area contributed by atoms with Gasteiger partial charge in [-0.05, 0) is 17.5 Å². The third kappa shape index (κ3) is 3.13. The van der Waals surface area contributed by atoms with E-state index in [2.05, 4.69) is 15.6 Å². The van der Waals surface area contributed by atoms with E-state index in [4.69, 9.17) is 0 Å². The number of carbonyl (C=O) groups excluding carboxylic acids is 2. The van der Waals surface area contributed by atoms with Crippen molar-refractivity contribution in [3.05, 3.63) is 36.0 Å². The summed E-state index contributed by atoms with van der Waals surface area (Å²) in [7, 11) is 1.56. The number of para-hydroxylation sites is 1. The SMILES string of the molecule is CNC(=O)C(Cc1cc2ccccc2[nH]1)NC(C)=O. The lowest BCUT2D eigenvalue weighted by atomic mass is 10.1. The second-order valence-corrected chi connectivity index (χ2v) is 4.45. The number of rotatable bonds is 4. The summed E-state index contributed by atoms with van der Waals surface area (Å²) in [4.78, 5) is 26.1. The molecule has 0 fully saturated rings. The van der Waals surface area contributed by atoms with Crippen LogP contribution in [0.25, 0.3) is 10.9 Å². The van der Waals surface area contributed by atoms with Gasteiger partial charge in [-0.2, -0.15) is 0 Å². The molecule has 1 atom stereocenters. The minimum absolute atomic E-state index is 0.200. The van der Waals surface area contributed by atoms with E-state index in [1.165, 1.54) is 6.92 Å². The van der Waals surface area contributed by atoms with Crippen LogP contribution in [-0.2, 0) is 16.0 Å². The Morgan fingerprint density at radius 2 is 2.05 bits per heavy atom. The molecule has 1 aromatic carbocycles. The number of hydrogen-bond donors (Lipinski definition) is 3. The summed E-state index contributed by atoms with van der Waals surface area (Å²) < 4.78 is 0. The van der Waals surface area contributed by atoms with E-state index in [1.54, 1.807) is 7.05 Å². The van der Waals surface area contributed by atoms with Crippen molar-refractivity contribution in [2.24, 2.45) is 0 Å². The molecule has 0 aliphatic carbocycles. The quantitative estimate of drug-likeness (QED) is 0.765. The Balaban J connectivity index is 2.20. The first-order chi connectivity index (χ1) is 9.10. The molecule has 1 heterocycles. The highest BCUT2D eigenvalue weighted by atomic mass is 16.2. The number of H-pyrrole nitrogens is 1. The van der Waals surface area contributed by atoms with Gasteiger partial charge in [-0.3, -0.25) is 9.59 Å². The van der Waals surface area contributed by atoms with E-state index in [-0.39, 0.29) is 11.8 Å². The predicted molar refractivity (Wildman–Crippen MR) is 73.7 cm³/mol. The molecule has 2 aromatic rings. The molecular formula is C14H17N3O2. The van der Waals surface area contributed by atoms with Crippen LogP contribution >= 0.6 is 0 Å². The molecule has 0 aliphatic heterocycles. The largest absolute Gasteiger partial charge is 0.358 e. The standard InChI is InChI=1S/C14H17N3O2/c1-9(18)16-13(14(19)15-2)8-11-7-10-5-3-4-6-12(10)17-11/h3-7,13,17H,8H2,1-2H3,(H,15,19)(H,16,18). The van der Waals surface area contributed by atoms with Gasteiger partial charge < -0.3 is 15.6 Å². The van der Waals surface area contributed by atoms with Crippen molar-refractivity contribution in [3.8, 4) is 0 Å². The van der Waals surface area contributed by atoms with E-state index in [0.717, 1.165) is 16.6 Å². The lowest BCUT2D eigenvalue weighted by molar-refractivity contribution is -0.127. The number of aromatic amines is 1. The Morgan fingerprint density at radius 3 is 2.68 bits per heavy atom. The van der Waals surface area contributed by atoms with Crippen LogP contribution in [0.2, 0.25) is 0 Å². The summed E-state index contributed by atoms with van der Waals surface area (Å²) in [6.45, 7) is 1.40. The zero-order valence-corrected chi connectivity index (χ0v) is 11.0. The van der Waals surface area contributed by atoms with Crippen molar-refractivity contribution in [2.75, 3.05) is 7.05 Å². The highest BCUT2D eigenvalue weighted by molar-refractivity contribution is 5.87. The van der Waals surface area contributed by atoms with Crippen LogP contribution in [0.3, 0.4) is 0 Å². The number of carbonyl (C=O) groups is 2. The van der Waals surface area contributed by atoms with Crippen LogP contribution in [0.1, 0.15) is 12.6 Å². The molecule has 5 heteroatoms. The van der Waals surface area contributed by atoms with Crippen molar-refractivity contribution in [3.63, 3.8) is 0 Å². The number of amides is 2. The van der Waals surface area contributed by atoms with Gasteiger partial charge in [0, 0.05) is 31.6 Å². The molecule has 0 saturated carbocycles. The fraction of sp³-hybridized carbons (Fsp3) is 0.286. The van der Waals surface area contributed by atoms with Crippen LogP contribution in [0.15, 0.2) is 30.3 Å². The van der Waals surface area contributed by atoms with E-state index in [1.807, 2.05) is 30.3 Å². The second kappa shape index (κ2) is 5.56. The van der Waals surface area contributed by atoms with Gasteiger partial charge in [0.2, 0.25) is 11.8 Å². The van der Waals surface area contributed by atoms with Crippen molar-refractivity contribution in [1.29, 1.82) is 0 Å². The maximum Gasteiger partial charge on any atom is 0.242 e. The van der Waals surface area contributed by atoms with Crippen LogP contribution in [0.5, 0.6) is 0 Å². The fourth-order valence-electron chi connectivity index (χ4n) is 2.09. The smallest absolute Gasteiger partial charge is 0.242 e. The molecule has 0 saturated heterocycles. The molecule has 100 valence electrons. The highest BCUT2D eigenvalue weighted by Crippen LogP contribution is 2.15. The van der Waals surface area contributed by atoms with Crippen molar-refractivity contribution in [1.82, 2.24) is 15.6 Å². The summed E-state index contributed by atoms with van der Waals surface area (Å²) in [6, 6.07) is 9.33. The first-order valence-corrected chi connectivity index (χ1v) is 6.15. The number of likely N-dealkylation sites (N-methyl/N-ethyl adjacent to an activating group) is 1. The maximum atomic E-state index is 11.7. The van der Waals surface area contributed by atoms with Gasteiger partial charge in [0.05, 0.1) is 0 Å². The molecule has 1 aromatic heterocycles. The van der Waals surface area contributed by atoms with Gasteiger partial charge in [-0.1, -0.05) is 18.2 Å². The van der Waals surface area contributed by atoms with Crippen molar-refractivity contribution < 1.29 is 9.59 Å². The summed E-state index contributed by atoms with van der Waals surface area (Å²) in [5.74, 6) is -0.418. The number of nitrogens with one attached hydrogen (secondary N) is 3. The Bertz CT molecular complexity index is 571. The molecule has 2 amide bonds. The molecule has 3 N–H and O–H groups in total. The van der Waals surface area contributed by atoms with Crippen LogP contribution in [-0.4, -0.2) is 29.9 Å². The summed E-state index contributed by atoms with van der Waals surface area (Å²) in [5, 5.41) is 6.30. The molecule has 5 nitrogen and oxygen atoms in total. The third-order valence-electron chi connectivity index (χ3n) is 2.95. The zero-order valence-electron chi connectivity index (χ0n) is 11.0. The Labute approximate surface area is 111 Å². The average Bonchev–Trinajstić information content (AvgIpc) is 2.78. The number of fused-ring (bicyclic) bond motifs is 1. The highest BCUT2D eigenvalue weighted by Gasteiger charge is 2.19. The van der Waals surface area contributed by atoms with E-state index >= 15 is 0 Å². The first kappa shape index (κ1) is 13.1. The molecule has 1 unspecified atom stereocenters. The molecule has 0 spiro atoms. The van der Waals surface area contributed by atoms with Crippen LogP contribution < -0.4 is 10.6 Å². The van der Waals surface area contributed by atoms with Crippen LogP contribution in [0.4, 0.5) is 0 Å². The van der Waals surface area contributed by atoms with Crippen molar-refractivity contribution >= 4 is 22.7 Å². The van der Waals surface area contributed by atoms with Crippen LogP contribution in [0, 0.1) is 0 Å². The third-order valence-corrected chi connectivity index (χ3v) is 2.95. The second-order valence-electron chi connectivity index (χ2n) is 4.45. The van der Waals surface area contributed by atoms with Crippen molar-refractivity contribution in [2.45, 2.75) is 19.4 Å². The molecule has 2 rings (SSSR count). The van der Waals surface area contributed by atoms with E-state index in [9.17, 15) is 9.59 Å². The maximum absolute atomic E-state index is 11.7. The van der Waals surface area contributed by atoms with E-state index in [0.29, 0.717) is 6.42 Å². The lowest BCUT2D eigenvalue weighted by Gasteiger charge is -2.15. The molecule has 0 bridgehead atoms. The monoisotopic (exact) mass is 259 g/mol. The lowest BCUT2D eigenvalue weighted by Crippen LogP contribution is -2.46. The molecule has 0 radical (unpaired) electrons. The number of hydrogen-bond acceptors (Lipinski definition) is 2. The molecule has 0 aliphatic rings. The minimum Gasteiger partial charge on any atom is -0.358 e. The minimum atomic E-state index is -0.560. The summed E-state index contributed by atoms with van der Waals surface area (Å²) >= 11 is 0. The van der Waals surface area contributed by atoms with Gasteiger partial charge in [0.15, 0.2) is 0 Å². The van der Waals surface area contributed by atoms with Gasteiger partial charge in [0.1, 0.15) is 6.04 Å². The van der Waals surface area contributed by atoms with Gasteiger partial charge in [-0.25, -0.2) is 0 Å². The fourth-order valence-corrected chi connectivity index (χ4v) is 2.09. The molecule has 19 heavy (non-hydrogen) atoms. The summed E-state index contributed by atoms with van der Waals surface area (Å²) in [6.07, 6.45) is 0.438. The first-order valence-electron chi connectivity index (χ1n) is 6.15. The Kier molecular flexibility index (Phi) is 3.85. The van der Waals surface area contributed by atoms with E-state index < -0.39 is 6.04 Å². The summed E-state index contributed by atoms with van der Waals surface area (Å²) in [5.41, 5.74) is 1.94. The van der Waals surface area contributed by atoms with Gasteiger partial charge in [-0.15, -0.1) is 0 Å². The van der Waals surface area contributed by atoms with Gasteiger partial charge in [0.25, 0.3) is 0 Å². The zero-order chi connectivity index (χ0) is 13.8. The number of benzene rings is 1. The normalized spacial score (nSPS) is 12.1. The van der Waals surface area contributed by atoms with Gasteiger partial charge >= 0.3 is 0 Å². The molecular weight excluding hydrogens is 242 g/mol. The topological polar surface area (TPSA) is 74.0 Å². The number of aromatic nitrogens is 1.